The van der Waals surface area contributed by atoms with E-state index in [2.05, 4.69) is 4.98 Å². The Bertz CT molecular complexity index is 595. The summed E-state index contributed by atoms with van der Waals surface area (Å²) in [4.78, 5) is 29.0. The van der Waals surface area contributed by atoms with E-state index in [9.17, 15) is 14.7 Å². The number of hydrogen-bond acceptors (Lipinski definition) is 3. The molecule has 1 atom stereocenters. The van der Waals surface area contributed by atoms with Crippen LogP contribution in [0.3, 0.4) is 0 Å². The summed E-state index contributed by atoms with van der Waals surface area (Å²) >= 11 is 0. The van der Waals surface area contributed by atoms with Crippen molar-refractivity contribution in [2.75, 3.05) is 13.1 Å². The molecule has 0 spiro atoms. The van der Waals surface area contributed by atoms with E-state index in [0.29, 0.717) is 35.6 Å². The zero-order valence-electron chi connectivity index (χ0n) is 13.6. The number of likely N-dealkylation sites (tertiary alicyclic amines) is 1. The van der Waals surface area contributed by atoms with Gasteiger partial charge in [-0.3, -0.25) is 9.59 Å². The summed E-state index contributed by atoms with van der Waals surface area (Å²) in [6.07, 6.45) is 0. The molecule has 0 aliphatic carbocycles. The SMILES string of the molecule is CC(=O)c1[nH]c(C)c(C(=O)N2CC(C)(C)[C@](C)(O)C2)c1C. The molecule has 5 nitrogen and oxygen atoms in total. The van der Waals surface area contributed by atoms with Crippen LogP contribution in [0, 0.1) is 19.3 Å². The second-order valence-corrected chi connectivity index (χ2v) is 7.00. The number of aryl methyl sites for hydroxylation is 1. The van der Waals surface area contributed by atoms with E-state index in [1.165, 1.54) is 6.92 Å². The van der Waals surface area contributed by atoms with Gasteiger partial charge < -0.3 is 15.0 Å². The van der Waals surface area contributed by atoms with Crippen molar-refractivity contribution < 1.29 is 14.7 Å². The van der Waals surface area contributed by atoms with Gasteiger partial charge in [0.25, 0.3) is 5.91 Å². The molecule has 116 valence electrons. The molecule has 2 rings (SSSR count). The summed E-state index contributed by atoms with van der Waals surface area (Å²) in [5, 5.41) is 10.5. The van der Waals surface area contributed by atoms with Crippen molar-refractivity contribution in [2.45, 2.75) is 47.1 Å². The number of H-pyrrole nitrogens is 1. The number of carbonyl (C=O) groups excluding carboxylic acids is 2. The van der Waals surface area contributed by atoms with Crippen molar-refractivity contribution in [3.63, 3.8) is 0 Å². The Morgan fingerprint density at radius 2 is 1.76 bits per heavy atom. The van der Waals surface area contributed by atoms with Crippen molar-refractivity contribution >= 4 is 11.7 Å². The lowest BCUT2D eigenvalue weighted by atomic mass is 9.79. The van der Waals surface area contributed by atoms with Crippen LogP contribution in [0.5, 0.6) is 0 Å². The van der Waals surface area contributed by atoms with E-state index < -0.39 is 5.60 Å². The number of ketones is 1. The third kappa shape index (κ3) is 2.39. The Labute approximate surface area is 125 Å². The first-order chi connectivity index (χ1) is 9.48. The smallest absolute Gasteiger partial charge is 0.256 e. The van der Waals surface area contributed by atoms with Crippen LogP contribution in [0.25, 0.3) is 0 Å². The first-order valence-electron chi connectivity index (χ1n) is 7.20. The van der Waals surface area contributed by atoms with E-state index in [-0.39, 0.29) is 17.1 Å². The fourth-order valence-corrected chi connectivity index (χ4v) is 3.01. The average molecular weight is 292 g/mol. The van der Waals surface area contributed by atoms with Crippen LogP contribution in [0.1, 0.15) is 59.8 Å². The molecule has 1 aliphatic heterocycles. The molecule has 21 heavy (non-hydrogen) atoms. The molecule has 0 radical (unpaired) electrons. The third-order valence-corrected chi connectivity index (χ3v) is 4.83. The highest BCUT2D eigenvalue weighted by Crippen LogP contribution is 2.39. The number of carbonyl (C=O) groups is 2. The molecular formula is C16H24N2O3. The van der Waals surface area contributed by atoms with Gasteiger partial charge in [-0.15, -0.1) is 0 Å². The largest absolute Gasteiger partial charge is 0.388 e. The highest BCUT2D eigenvalue weighted by molar-refractivity contribution is 6.02. The van der Waals surface area contributed by atoms with E-state index in [0.717, 1.165) is 0 Å². The minimum absolute atomic E-state index is 0.0802. The molecule has 0 bridgehead atoms. The lowest BCUT2D eigenvalue weighted by molar-refractivity contribution is -0.0108. The summed E-state index contributed by atoms with van der Waals surface area (Å²) in [5.74, 6) is -0.206. The molecular weight excluding hydrogens is 268 g/mol. The average Bonchev–Trinajstić information content (AvgIpc) is 2.73. The summed E-state index contributed by atoms with van der Waals surface area (Å²) < 4.78 is 0. The molecule has 1 fully saturated rings. The minimum Gasteiger partial charge on any atom is -0.388 e. The maximum atomic E-state index is 12.8. The fourth-order valence-electron chi connectivity index (χ4n) is 3.01. The van der Waals surface area contributed by atoms with Gasteiger partial charge in [0.05, 0.1) is 23.4 Å². The van der Waals surface area contributed by atoms with E-state index in [1.807, 2.05) is 13.8 Å². The van der Waals surface area contributed by atoms with Crippen molar-refractivity contribution in [1.82, 2.24) is 9.88 Å². The van der Waals surface area contributed by atoms with Crippen LogP contribution in [-0.2, 0) is 0 Å². The molecule has 1 aliphatic rings. The number of aromatic nitrogens is 1. The number of hydrogen-bond donors (Lipinski definition) is 2. The van der Waals surface area contributed by atoms with Gasteiger partial charge in [0.15, 0.2) is 5.78 Å². The van der Waals surface area contributed by atoms with Crippen molar-refractivity contribution in [3.05, 3.63) is 22.5 Å². The van der Waals surface area contributed by atoms with Crippen LogP contribution in [-0.4, -0.2) is 45.4 Å². The molecule has 1 aromatic heterocycles. The van der Waals surface area contributed by atoms with Gasteiger partial charge in [-0.2, -0.15) is 0 Å². The van der Waals surface area contributed by atoms with Crippen LogP contribution in [0.4, 0.5) is 0 Å². The number of nitrogens with zero attached hydrogens (tertiary/aromatic N) is 1. The molecule has 1 amide bonds. The quantitative estimate of drug-likeness (QED) is 0.820. The Hall–Kier alpha value is -1.62. The van der Waals surface area contributed by atoms with E-state index in [1.54, 1.807) is 25.7 Å². The predicted molar refractivity (Wildman–Crippen MR) is 80.6 cm³/mol. The molecule has 0 saturated carbocycles. The second kappa shape index (κ2) is 4.70. The van der Waals surface area contributed by atoms with Crippen molar-refractivity contribution in [1.29, 1.82) is 0 Å². The Kier molecular flexibility index (Phi) is 3.53. The van der Waals surface area contributed by atoms with Crippen LogP contribution in [0.2, 0.25) is 0 Å². The zero-order chi connectivity index (χ0) is 16.2. The fraction of sp³-hybridized carbons (Fsp3) is 0.625. The topological polar surface area (TPSA) is 73.4 Å². The number of Topliss-reactive ketones (excluding diaryl/α,β-unsaturated/α-hetero) is 1. The van der Waals surface area contributed by atoms with Crippen LogP contribution >= 0.6 is 0 Å². The molecule has 1 saturated heterocycles. The molecule has 2 heterocycles. The van der Waals surface area contributed by atoms with Crippen LogP contribution < -0.4 is 0 Å². The van der Waals surface area contributed by atoms with Gasteiger partial charge in [0.1, 0.15) is 0 Å². The Morgan fingerprint density at radius 3 is 2.14 bits per heavy atom. The normalized spacial score (nSPS) is 24.4. The zero-order valence-corrected chi connectivity index (χ0v) is 13.6. The van der Waals surface area contributed by atoms with E-state index in [4.69, 9.17) is 0 Å². The third-order valence-electron chi connectivity index (χ3n) is 4.83. The van der Waals surface area contributed by atoms with E-state index >= 15 is 0 Å². The van der Waals surface area contributed by atoms with Crippen molar-refractivity contribution in [3.8, 4) is 0 Å². The summed E-state index contributed by atoms with van der Waals surface area (Å²) in [6.45, 7) is 11.5. The number of aliphatic hydroxyl groups is 1. The maximum absolute atomic E-state index is 12.8. The van der Waals surface area contributed by atoms with Gasteiger partial charge in [-0.1, -0.05) is 13.8 Å². The molecule has 2 N–H and O–H groups in total. The lowest BCUT2D eigenvalue weighted by Crippen LogP contribution is -2.40. The first-order valence-corrected chi connectivity index (χ1v) is 7.20. The van der Waals surface area contributed by atoms with Crippen molar-refractivity contribution in [2.24, 2.45) is 5.41 Å². The Morgan fingerprint density at radius 1 is 1.19 bits per heavy atom. The number of amides is 1. The lowest BCUT2D eigenvalue weighted by Gasteiger charge is -2.30. The highest BCUT2D eigenvalue weighted by Gasteiger charge is 2.49. The highest BCUT2D eigenvalue weighted by atomic mass is 16.3. The Balaban J connectivity index is 2.37. The number of nitrogens with one attached hydrogen (secondary N) is 1. The minimum atomic E-state index is -0.913. The predicted octanol–water partition coefficient (Wildman–Crippen LogP) is 2.07. The second-order valence-electron chi connectivity index (χ2n) is 7.00. The first kappa shape index (κ1) is 15.8. The number of rotatable bonds is 2. The molecule has 0 unspecified atom stereocenters. The van der Waals surface area contributed by atoms with Gasteiger partial charge in [-0.25, -0.2) is 0 Å². The van der Waals surface area contributed by atoms with Gasteiger partial charge >= 0.3 is 0 Å². The van der Waals surface area contributed by atoms with Crippen LogP contribution in [0.15, 0.2) is 0 Å². The standard InChI is InChI=1S/C16H24N2O3/c1-9-12(10(2)17-13(9)11(3)19)14(20)18-7-15(4,5)16(6,21)8-18/h17,21H,7-8H2,1-6H3/t16-/m1/s1. The molecule has 1 aromatic rings. The molecule has 5 heteroatoms. The van der Waals surface area contributed by atoms with Gasteiger partial charge in [0.2, 0.25) is 0 Å². The maximum Gasteiger partial charge on any atom is 0.256 e. The monoisotopic (exact) mass is 292 g/mol. The van der Waals surface area contributed by atoms with Gasteiger partial charge in [-0.05, 0) is 26.3 Å². The summed E-state index contributed by atoms with van der Waals surface area (Å²) in [6, 6.07) is 0. The molecule has 0 aromatic carbocycles. The summed E-state index contributed by atoms with van der Waals surface area (Å²) in [5.41, 5.74) is 1.16. The van der Waals surface area contributed by atoms with Gasteiger partial charge in [0, 0.05) is 24.6 Å². The summed E-state index contributed by atoms with van der Waals surface area (Å²) in [7, 11) is 0. The number of aromatic amines is 1. The number of β-amino-alcohol motifs (C(OH)–C–C–N with tert-alkyl or cyclic N) is 1.